The van der Waals surface area contributed by atoms with Gasteiger partial charge >= 0.3 is 0 Å². The molecule has 0 aromatic rings. The lowest BCUT2D eigenvalue weighted by molar-refractivity contribution is 0.823. The molecule has 0 aliphatic carbocycles. The zero-order valence-electron chi connectivity index (χ0n) is 3.94. The lowest BCUT2D eigenvalue weighted by Gasteiger charge is -1.82. The van der Waals surface area contributed by atoms with Gasteiger partial charge in [-0.1, -0.05) is 12.2 Å². The van der Waals surface area contributed by atoms with Crippen LogP contribution in [0.2, 0.25) is 0 Å². The van der Waals surface area contributed by atoms with Crippen molar-refractivity contribution in [1.82, 2.24) is 5.43 Å². The minimum absolute atomic E-state index is 0.760. The molecule has 2 heteroatoms. The van der Waals surface area contributed by atoms with Gasteiger partial charge in [0.1, 0.15) is 0 Å². The van der Waals surface area contributed by atoms with Crippen LogP contribution >= 0.6 is 0 Å². The number of allylic oxidation sites excluding steroid dienone is 1. The van der Waals surface area contributed by atoms with Gasteiger partial charge in [-0.15, -0.1) is 0 Å². The van der Waals surface area contributed by atoms with E-state index in [-0.39, 0.29) is 0 Å². The monoisotopic (exact) mass is 86.1 g/mol. The number of nitrogens with one attached hydrogen (secondary N) is 1. The third-order valence-electron chi connectivity index (χ3n) is 0.471. The zero-order chi connectivity index (χ0) is 4.83. The molecule has 0 radical (unpaired) electrons. The summed E-state index contributed by atoms with van der Waals surface area (Å²) in [6.45, 7) is 2.72. The van der Waals surface area contributed by atoms with Crippen molar-refractivity contribution in [3.8, 4) is 0 Å². The Morgan fingerprint density at radius 1 is 1.83 bits per heavy atom. The van der Waals surface area contributed by atoms with Gasteiger partial charge in [0.15, 0.2) is 0 Å². The zero-order valence-corrected chi connectivity index (χ0v) is 3.94. The number of nitrogens with two attached hydrogens (primary N) is 1. The van der Waals surface area contributed by atoms with Crippen LogP contribution in [0.4, 0.5) is 0 Å². The van der Waals surface area contributed by atoms with Gasteiger partial charge in [-0.3, -0.25) is 11.3 Å². The largest absolute Gasteiger partial charge is 0.271 e. The lowest BCUT2D eigenvalue weighted by atomic mass is 10.5. The Morgan fingerprint density at radius 2 is 2.50 bits per heavy atom. The normalized spacial score (nSPS) is 10.3. The van der Waals surface area contributed by atoms with Gasteiger partial charge in [-0.05, 0) is 6.92 Å². The first-order chi connectivity index (χ1) is 2.91. The Kier molecular flexibility index (Phi) is 4.40. The molecule has 0 rings (SSSR count). The highest BCUT2D eigenvalue weighted by Gasteiger charge is 1.61. The second-order valence-electron chi connectivity index (χ2n) is 0.977. The van der Waals surface area contributed by atoms with Gasteiger partial charge in [0.2, 0.25) is 0 Å². The van der Waals surface area contributed by atoms with Gasteiger partial charge in [-0.2, -0.15) is 0 Å². The van der Waals surface area contributed by atoms with Crippen LogP contribution in [0.1, 0.15) is 6.92 Å². The third-order valence-corrected chi connectivity index (χ3v) is 0.471. The predicted molar refractivity (Wildman–Crippen MR) is 27.0 cm³/mol. The van der Waals surface area contributed by atoms with E-state index in [9.17, 15) is 0 Å². The van der Waals surface area contributed by atoms with Crippen LogP contribution in [0.15, 0.2) is 12.2 Å². The molecule has 0 aliphatic rings. The maximum atomic E-state index is 4.91. The van der Waals surface area contributed by atoms with Crippen molar-refractivity contribution in [3.63, 3.8) is 0 Å². The van der Waals surface area contributed by atoms with Crippen LogP contribution in [-0.4, -0.2) is 6.54 Å². The SMILES string of the molecule is C/C=C\CNN. The van der Waals surface area contributed by atoms with E-state index in [1.807, 2.05) is 19.1 Å². The van der Waals surface area contributed by atoms with Crippen LogP contribution in [-0.2, 0) is 0 Å². The van der Waals surface area contributed by atoms with E-state index in [0.29, 0.717) is 0 Å². The number of hydrazine groups is 1. The first-order valence-electron chi connectivity index (χ1n) is 1.96. The molecule has 6 heavy (non-hydrogen) atoms. The maximum Gasteiger partial charge on any atom is 0.0278 e. The Morgan fingerprint density at radius 3 is 2.67 bits per heavy atom. The van der Waals surface area contributed by atoms with E-state index in [0.717, 1.165) is 6.54 Å². The van der Waals surface area contributed by atoms with E-state index in [1.165, 1.54) is 0 Å². The van der Waals surface area contributed by atoms with Crippen LogP contribution in [0.25, 0.3) is 0 Å². The van der Waals surface area contributed by atoms with Crippen molar-refractivity contribution < 1.29 is 0 Å². The van der Waals surface area contributed by atoms with Crippen molar-refractivity contribution in [2.24, 2.45) is 5.84 Å². The molecule has 0 atom stereocenters. The number of hydrogen-bond acceptors (Lipinski definition) is 2. The van der Waals surface area contributed by atoms with E-state index in [2.05, 4.69) is 5.43 Å². The van der Waals surface area contributed by atoms with Crippen molar-refractivity contribution in [2.75, 3.05) is 6.54 Å². The predicted octanol–water partition coefficient (Wildman–Crippen LogP) is 0.0258. The minimum atomic E-state index is 0.760. The molecule has 0 aromatic carbocycles. The summed E-state index contributed by atoms with van der Waals surface area (Å²) in [5.74, 6) is 4.91. The molecule has 0 saturated heterocycles. The standard InChI is InChI=1S/C4H10N2/c1-2-3-4-6-5/h2-3,6H,4-5H2,1H3/b3-2-. The fourth-order valence-corrected chi connectivity index (χ4v) is 0.186. The highest BCUT2D eigenvalue weighted by molar-refractivity contribution is 4.77. The molecule has 0 unspecified atom stereocenters. The summed E-state index contributed by atoms with van der Waals surface area (Å²) in [6, 6.07) is 0. The Balaban J connectivity index is 2.66. The van der Waals surface area contributed by atoms with E-state index >= 15 is 0 Å². The summed E-state index contributed by atoms with van der Waals surface area (Å²) in [5.41, 5.74) is 2.48. The molecule has 0 bridgehead atoms. The summed E-state index contributed by atoms with van der Waals surface area (Å²) < 4.78 is 0. The fourth-order valence-electron chi connectivity index (χ4n) is 0.186. The van der Waals surface area contributed by atoms with Gasteiger partial charge in [0.05, 0.1) is 0 Å². The summed E-state index contributed by atoms with van der Waals surface area (Å²) in [7, 11) is 0. The van der Waals surface area contributed by atoms with Gasteiger partial charge in [-0.25, -0.2) is 0 Å². The van der Waals surface area contributed by atoms with Gasteiger partial charge in [0.25, 0.3) is 0 Å². The van der Waals surface area contributed by atoms with E-state index in [4.69, 9.17) is 5.84 Å². The molecule has 0 spiro atoms. The topological polar surface area (TPSA) is 38.0 Å². The summed E-state index contributed by atoms with van der Waals surface area (Å²) in [4.78, 5) is 0. The molecule has 0 amide bonds. The Hall–Kier alpha value is -0.340. The van der Waals surface area contributed by atoms with E-state index < -0.39 is 0 Å². The molecule has 0 aromatic heterocycles. The van der Waals surface area contributed by atoms with Gasteiger partial charge in [0, 0.05) is 6.54 Å². The minimum Gasteiger partial charge on any atom is -0.271 e. The molecule has 36 valence electrons. The number of hydrogen-bond donors (Lipinski definition) is 2. The Bertz CT molecular complexity index is 40.8. The summed E-state index contributed by atoms with van der Waals surface area (Å²) in [6.07, 6.45) is 3.89. The van der Waals surface area contributed by atoms with Crippen molar-refractivity contribution >= 4 is 0 Å². The average molecular weight is 86.1 g/mol. The first-order valence-corrected chi connectivity index (χ1v) is 1.96. The first kappa shape index (κ1) is 5.66. The molecule has 0 saturated carbocycles. The smallest absolute Gasteiger partial charge is 0.0278 e. The quantitative estimate of drug-likeness (QED) is 0.282. The second kappa shape index (κ2) is 4.66. The molecule has 0 fully saturated rings. The van der Waals surface area contributed by atoms with Gasteiger partial charge < -0.3 is 0 Å². The highest BCUT2D eigenvalue weighted by atomic mass is 15.2. The molecule has 0 aliphatic heterocycles. The van der Waals surface area contributed by atoms with E-state index in [1.54, 1.807) is 0 Å². The molecular weight excluding hydrogens is 76.1 g/mol. The highest BCUT2D eigenvalue weighted by Crippen LogP contribution is 1.60. The van der Waals surface area contributed by atoms with Crippen molar-refractivity contribution in [3.05, 3.63) is 12.2 Å². The summed E-state index contributed by atoms with van der Waals surface area (Å²) in [5, 5.41) is 0. The lowest BCUT2D eigenvalue weighted by Crippen LogP contribution is -2.21. The van der Waals surface area contributed by atoms with Crippen LogP contribution < -0.4 is 11.3 Å². The van der Waals surface area contributed by atoms with Crippen molar-refractivity contribution in [2.45, 2.75) is 6.92 Å². The molecule has 3 N–H and O–H groups in total. The fraction of sp³-hybridized carbons (Fsp3) is 0.500. The average Bonchev–Trinajstić information content (AvgIpc) is 1.61. The molecular formula is C4H10N2. The molecule has 2 nitrogen and oxygen atoms in total. The van der Waals surface area contributed by atoms with Crippen molar-refractivity contribution in [1.29, 1.82) is 0 Å². The molecule has 0 heterocycles. The second-order valence-corrected chi connectivity index (χ2v) is 0.977. The van der Waals surface area contributed by atoms with Crippen LogP contribution in [0, 0.1) is 0 Å². The number of rotatable bonds is 2. The Labute approximate surface area is 38.0 Å². The van der Waals surface area contributed by atoms with Crippen LogP contribution in [0.3, 0.4) is 0 Å². The third kappa shape index (κ3) is 3.66. The van der Waals surface area contributed by atoms with Crippen LogP contribution in [0.5, 0.6) is 0 Å². The maximum absolute atomic E-state index is 4.91. The summed E-state index contributed by atoms with van der Waals surface area (Å²) >= 11 is 0.